The summed E-state index contributed by atoms with van der Waals surface area (Å²) in [7, 11) is 1.53. The number of H-pyrrole nitrogens is 1. The molecule has 3 N–H and O–H groups in total. The molecule has 0 saturated carbocycles. The molecule has 3 aromatic rings. The standard InChI is InChI=1S/C18H16N4O4S/c1-26-14-5-3-2-4-13(14)21-16(24)8-12-10-27-18(20-12)22-17(25)11-6-7-15(23)19-9-11/h2-7,9-10H,8H2,1H3,(H,19,23)(H,21,24)(H,20,22,25). The number of methoxy groups -OCH3 is 1. The number of benzene rings is 1. The summed E-state index contributed by atoms with van der Waals surface area (Å²) >= 11 is 1.21. The Kier molecular flexibility index (Phi) is 5.62. The number of carbonyl (C=O) groups is 2. The summed E-state index contributed by atoms with van der Waals surface area (Å²) in [5, 5.41) is 7.47. The van der Waals surface area contributed by atoms with Crippen molar-refractivity contribution in [3.8, 4) is 5.75 Å². The van der Waals surface area contributed by atoms with Crippen LogP contribution >= 0.6 is 11.3 Å². The molecule has 9 heteroatoms. The lowest BCUT2D eigenvalue weighted by molar-refractivity contribution is -0.115. The summed E-state index contributed by atoms with van der Waals surface area (Å²) in [5.41, 5.74) is 1.13. The number of aromatic amines is 1. The van der Waals surface area contributed by atoms with Gasteiger partial charge in [-0.05, 0) is 18.2 Å². The first-order valence-corrected chi connectivity index (χ1v) is 8.80. The Bertz CT molecular complexity index is 1010. The van der Waals surface area contributed by atoms with Crippen LogP contribution in [0.15, 0.2) is 52.8 Å². The fourth-order valence-electron chi connectivity index (χ4n) is 2.27. The lowest BCUT2D eigenvalue weighted by Gasteiger charge is -2.09. The maximum Gasteiger partial charge on any atom is 0.258 e. The second-order valence-electron chi connectivity index (χ2n) is 5.46. The molecule has 0 bridgehead atoms. The Hall–Kier alpha value is -3.46. The van der Waals surface area contributed by atoms with E-state index in [0.717, 1.165) is 0 Å². The SMILES string of the molecule is COc1ccccc1NC(=O)Cc1csc(NC(=O)c2ccc(=O)[nH]c2)n1. The average molecular weight is 384 g/mol. The number of anilines is 2. The highest BCUT2D eigenvalue weighted by Gasteiger charge is 2.12. The van der Waals surface area contributed by atoms with Crippen LogP contribution in [-0.4, -0.2) is 28.9 Å². The van der Waals surface area contributed by atoms with Crippen LogP contribution in [0.5, 0.6) is 5.75 Å². The molecule has 3 rings (SSSR count). The van der Waals surface area contributed by atoms with E-state index in [1.54, 1.807) is 23.6 Å². The molecule has 0 aliphatic rings. The first kappa shape index (κ1) is 18.3. The van der Waals surface area contributed by atoms with Crippen LogP contribution in [0.3, 0.4) is 0 Å². The number of para-hydroxylation sites is 2. The number of nitrogens with one attached hydrogen (secondary N) is 3. The number of hydrogen-bond donors (Lipinski definition) is 3. The number of hydrogen-bond acceptors (Lipinski definition) is 6. The second-order valence-corrected chi connectivity index (χ2v) is 6.32. The van der Waals surface area contributed by atoms with Crippen molar-refractivity contribution < 1.29 is 14.3 Å². The van der Waals surface area contributed by atoms with Crippen LogP contribution in [0.1, 0.15) is 16.1 Å². The van der Waals surface area contributed by atoms with Crippen molar-refractivity contribution >= 4 is 34.0 Å². The zero-order valence-corrected chi connectivity index (χ0v) is 15.1. The van der Waals surface area contributed by atoms with Crippen LogP contribution in [0.4, 0.5) is 10.8 Å². The van der Waals surface area contributed by atoms with Crippen molar-refractivity contribution in [3.05, 3.63) is 69.6 Å². The molecule has 0 radical (unpaired) electrons. The van der Waals surface area contributed by atoms with E-state index in [9.17, 15) is 14.4 Å². The number of nitrogens with zero attached hydrogens (tertiary/aromatic N) is 1. The lowest BCUT2D eigenvalue weighted by atomic mass is 10.2. The fraction of sp³-hybridized carbons (Fsp3) is 0.111. The Balaban J connectivity index is 1.60. The quantitative estimate of drug-likeness (QED) is 0.603. The molecule has 0 fully saturated rings. The summed E-state index contributed by atoms with van der Waals surface area (Å²) in [4.78, 5) is 42.0. The largest absolute Gasteiger partial charge is 0.495 e. The van der Waals surface area contributed by atoms with Crippen LogP contribution in [0.25, 0.3) is 0 Å². The first-order chi connectivity index (χ1) is 13.0. The maximum atomic E-state index is 12.2. The number of thiazole rings is 1. The minimum Gasteiger partial charge on any atom is -0.495 e. The van der Waals surface area contributed by atoms with Crippen LogP contribution < -0.4 is 20.9 Å². The Morgan fingerprint density at radius 1 is 1.19 bits per heavy atom. The number of rotatable bonds is 6. The van der Waals surface area contributed by atoms with Gasteiger partial charge in [-0.25, -0.2) is 4.98 Å². The summed E-state index contributed by atoms with van der Waals surface area (Å²) < 4.78 is 5.20. The van der Waals surface area contributed by atoms with Gasteiger partial charge in [-0.15, -0.1) is 11.3 Å². The molecule has 0 spiro atoms. The van der Waals surface area contributed by atoms with Crippen molar-refractivity contribution in [1.29, 1.82) is 0 Å². The second kappa shape index (κ2) is 8.28. The average Bonchev–Trinajstić information content (AvgIpc) is 3.09. The van der Waals surface area contributed by atoms with Crippen LogP contribution in [0, 0.1) is 0 Å². The third-order valence-corrected chi connectivity index (χ3v) is 4.35. The van der Waals surface area contributed by atoms with Gasteiger partial charge >= 0.3 is 0 Å². The smallest absolute Gasteiger partial charge is 0.258 e. The Labute approximate surface area is 158 Å². The molecule has 0 saturated heterocycles. The number of pyridine rings is 1. The van der Waals surface area contributed by atoms with E-state index in [0.29, 0.717) is 27.8 Å². The van der Waals surface area contributed by atoms with Gasteiger partial charge in [-0.1, -0.05) is 12.1 Å². The molecular weight excluding hydrogens is 368 g/mol. The maximum absolute atomic E-state index is 12.2. The minimum absolute atomic E-state index is 0.0586. The van der Waals surface area contributed by atoms with Gasteiger partial charge in [0.25, 0.3) is 5.91 Å². The zero-order valence-electron chi connectivity index (χ0n) is 14.3. The third kappa shape index (κ3) is 4.79. The van der Waals surface area contributed by atoms with E-state index in [4.69, 9.17) is 4.74 Å². The normalized spacial score (nSPS) is 10.3. The zero-order chi connectivity index (χ0) is 19.2. The van der Waals surface area contributed by atoms with Crippen molar-refractivity contribution in [2.45, 2.75) is 6.42 Å². The van der Waals surface area contributed by atoms with Gasteiger partial charge in [0, 0.05) is 17.6 Å². The molecule has 2 amide bonds. The number of aromatic nitrogens is 2. The van der Waals surface area contributed by atoms with Crippen molar-refractivity contribution in [3.63, 3.8) is 0 Å². The van der Waals surface area contributed by atoms with Gasteiger partial charge in [0.05, 0.1) is 30.5 Å². The molecule has 1 aromatic carbocycles. The third-order valence-electron chi connectivity index (χ3n) is 3.54. The molecular formula is C18H16N4O4S. The molecule has 27 heavy (non-hydrogen) atoms. The monoisotopic (exact) mass is 384 g/mol. The van der Waals surface area contributed by atoms with Crippen LogP contribution in [-0.2, 0) is 11.2 Å². The summed E-state index contributed by atoms with van der Waals surface area (Å²) in [6, 6.07) is 9.79. The van der Waals surface area contributed by atoms with Gasteiger partial charge in [0.1, 0.15) is 5.75 Å². The molecule has 0 unspecified atom stereocenters. The molecule has 0 aliphatic carbocycles. The number of carbonyl (C=O) groups excluding carboxylic acids is 2. The van der Waals surface area contributed by atoms with Gasteiger partial charge in [0.2, 0.25) is 11.5 Å². The summed E-state index contributed by atoms with van der Waals surface area (Å²) in [6.07, 6.45) is 1.38. The predicted molar refractivity (Wildman–Crippen MR) is 102 cm³/mol. The van der Waals surface area contributed by atoms with Crippen molar-refractivity contribution in [1.82, 2.24) is 9.97 Å². The van der Waals surface area contributed by atoms with Crippen molar-refractivity contribution in [2.24, 2.45) is 0 Å². The van der Waals surface area contributed by atoms with E-state index >= 15 is 0 Å². The number of amides is 2. The predicted octanol–water partition coefficient (Wildman–Crippen LogP) is 2.27. The first-order valence-electron chi connectivity index (χ1n) is 7.92. The van der Waals surface area contributed by atoms with Gasteiger partial charge in [-0.3, -0.25) is 19.7 Å². The van der Waals surface area contributed by atoms with Gasteiger partial charge < -0.3 is 15.0 Å². The van der Waals surface area contributed by atoms with Gasteiger partial charge in [-0.2, -0.15) is 0 Å². The molecule has 138 valence electrons. The van der Waals surface area contributed by atoms with E-state index in [2.05, 4.69) is 20.6 Å². The Morgan fingerprint density at radius 2 is 2.00 bits per heavy atom. The molecule has 0 atom stereocenters. The molecule has 0 aliphatic heterocycles. The van der Waals surface area contributed by atoms with E-state index in [1.807, 2.05) is 6.07 Å². The molecule has 8 nitrogen and oxygen atoms in total. The lowest BCUT2D eigenvalue weighted by Crippen LogP contribution is -2.16. The van der Waals surface area contributed by atoms with E-state index < -0.39 is 5.91 Å². The molecule has 2 heterocycles. The highest BCUT2D eigenvalue weighted by atomic mass is 32.1. The van der Waals surface area contributed by atoms with Crippen molar-refractivity contribution in [2.75, 3.05) is 17.7 Å². The van der Waals surface area contributed by atoms with E-state index in [1.165, 1.54) is 36.8 Å². The minimum atomic E-state index is -0.398. The highest BCUT2D eigenvalue weighted by molar-refractivity contribution is 7.14. The molecule has 2 aromatic heterocycles. The summed E-state index contributed by atoms with van der Waals surface area (Å²) in [5.74, 6) is -0.0769. The Morgan fingerprint density at radius 3 is 2.74 bits per heavy atom. The fourth-order valence-corrected chi connectivity index (χ4v) is 2.98. The van der Waals surface area contributed by atoms with E-state index in [-0.39, 0.29) is 17.9 Å². The van der Waals surface area contributed by atoms with Crippen LogP contribution in [0.2, 0.25) is 0 Å². The topological polar surface area (TPSA) is 113 Å². The highest BCUT2D eigenvalue weighted by Crippen LogP contribution is 2.23. The van der Waals surface area contributed by atoms with Gasteiger partial charge in [0.15, 0.2) is 5.13 Å². The number of ether oxygens (including phenoxy) is 1. The summed E-state index contributed by atoms with van der Waals surface area (Å²) in [6.45, 7) is 0.